The minimum atomic E-state index is -1.29. The Morgan fingerprint density at radius 3 is 1.49 bits per heavy atom. The number of carbonyl (C=O) groups is 1. The Kier molecular flexibility index (Phi) is 12.7. The van der Waals surface area contributed by atoms with Crippen LogP contribution in [-0.4, -0.2) is 52.1 Å². The number of rotatable bonds is 15. The number of esters is 1. The summed E-state index contributed by atoms with van der Waals surface area (Å²) in [5, 5.41) is 12.6. The third kappa shape index (κ3) is 10.8. The van der Waals surface area contributed by atoms with Gasteiger partial charge in [-0.25, -0.2) is 4.79 Å². The van der Waals surface area contributed by atoms with Gasteiger partial charge in [0.2, 0.25) is 0 Å². The zero-order chi connectivity index (χ0) is 34.5. The van der Waals surface area contributed by atoms with Gasteiger partial charge in [0.15, 0.2) is 6.04 Å². The van der Waals surface area contributed by atoms with Crippen LogP contribution in [0.15, 0.2) is 157 Å². The molecule has 0 aliphatic carbocycles. The molecular formula is C43H46N2O4. The predicted molar refractivity (Wildman–Crippen MR) is 196 cm³/mol. The highest BCUT2D eigenvalue weighted by atomic mass is 16.6. The maximum Gasteiger partial charge on any atom is 0.334 e. The van der Waals surface area contributed by atoms with Gasteiger partial charge in [-0.15, -0.1) is 0 Å². The van der Waals surface area contributed by atoms with E-state index in [1.165, 1.54) is 0 Å². The van der Waals surface area contributed by atoms with Crippen molar-refractivity contribution < 1.29 is 19.4 Å². The van der Waals surface area contributed by atoms with Crippen molar-refractivity contribution in [2.45, 2.75) is 64.3 Å². The standard InChI is InChI=1S/C43H46N2O4/c1-43(2,3)49-42(47)40(44-39(36-25-15-7-16-26-36)37-27-17-8-18-28-37)41(46)38(32-48-31-35-23-13-6-14-24-35)45(29-33-19-9-4-10-20-33)30-34-21-11-5-12-22-34/h4-28,38,40-41,46H,29-32H2,1-3H3/t38-,40+,41-/m1/s1. The molecule has 1 N–H and O–H groups in total. The summed E-state index contributed by atoms with van der Waals surface area (Å²) in [5.41, 5.74) is 4.63. The molecule has 0 radical (unpaired) electrons. The van der Waals surface area contributed by atoms with Crippen LogP contribution >= 0.6 is 0 Å². The van der Waals surface area contributed by atoms with Crippen LogP contribution in [0.1, 0.15) is 48.6 Å². The van der Waals surface area contributed by atoms with Gasteiger partial charge >= 0.3 is 5.97 Å². The van der Waals surface area contributed by atoms with E-state index in [1.807, 2.05) is 148 Å². The second-order valence-corrected chi connectivity index (χ2v) is 13.1. The Morgan fingerprint density at radius 1 is 0.653 bits per heavy atom. The van der Waals surface area contributed by atoms with Crippen molar-refractivity contribution in [2.75, 3.05) is 6.61 Å². The summed E-state index contributed by atoms with van der Waals surface area (Å²) in [6.45, 7) is 7.01. The van der Waals surface area contributed by atoms with E-state index in [9.17, 15) is 9.90 Å². The summed E-state index contributed by atoms with van der Waals surface area (Å²) in [7, 11) is 0. The van der Waals surface area contributed by atoms with E-state index in [0.29, 0.717) is 25.4 Å². The number of hydrogen-bond donors (Lipinski definition) is 1. The van der Waals surface area contributed by atoms with Crippen LogP contribution in [0.3, 0.4) is 0 Å². The SMILES string of the molecule is CC(C)(C)OC(=O)[C@@H](N=C(c1ccccc1)c1ccccc1)[C@H](O)[C@@H](COCc1ccccc1)N(Cc1ccccc1)Cc1ccccc1. The molecule has 5 rings (SSSR count). The molecule has 0 aromatic heterocycles. The second-order valence-electron chi connectivity index (χ2n) is 13.1. The molecule has 6 nitrogen and oxygen atoms in total. The first kappa shape index (κ1) is 35.4. The molecule has 6 heteroatoms. The molecular weight excluding hydrogens is 608 g/mol. The van der Waals surface area contributed by atoms with E-state index in [2.05, 4.69) is 29.2 Å². The lowest BCUT2D eigenvalue weighted by Crippen LogP contribution is -2.53. The maximum absolute atomic E-state index is 14.2. The largest absolute Gasteiger partial charge is 0.458 e. The Balaban J connectivity index is 1.60. The van der Waals surface area contributed by atoms with E-state index < -0.39 is 29.8 Å². The summed E-state index contributed by atoms with van der Waals surface area (Å²) >= 11 is 0. The molecule has 0 unspecified atom stereocenters. The van der Waals surface area contributed by atoms with E-state index in [1.54, 1.807) is 0 Å². The Bertz CT molecular complexity index is 1640. The van der Waals surface area contributed by atoms with Gasteiger partial charge in [-0.3, -0.25) is 9.89 Å². The third-order valence-electron chi connectivity index (χ3n) is 8.05. The summed E-state index contributed by atoms with van der Waals surface area (Å²) in [6.07, 6.45) is -1.29. The van der Waals surface area contributed by atoms with Crippen molar-refractivity contribution in [3.63, 3.8) is 0 Å². The molecule has 0 bridgehead atoms. The van der Waals surface area contributed by atoms with Crippen molar-refractivity contribution in [3.05, 3.63) is 179 Å². The van der Waals surface area contributed by atoms with Crippen LogP contribution in [0.5, 0.6) is 0 Å². The van der Waals surface area contributed by atoms with Crippen molar-refractivity contribution in [1.82, 2.24) is 4.90 Å². The minimum Gasteiger partial charge on any atom is -0.458 e. The van der Waals surface area contributed by atoms with Crippen molar-refractivity contribution in [2.24, 2.45) is 4.99 Å². The van der Waals surface area contributed by atoms with Crippen molar-refractivity contribution in [1.29, 1.82) is 0 Å². The molecule has 0 aliphatic heterocycles. The van der Waals surface area contributed by atoms with Gasteiger partial charge in [-0.2, -0.15) is 0 Å². The molecule has 0 saturated heterocycles. The van der Waals surface area contributed by atoms with Crippen LogP contribution in [0.4, 0.5) is 0 Å². The number of benzene rings is 5. The lowest BCUT2D eigenvalue weighted by atomic mass is 9.97. The molecule has 5 aromatic carbocycles. The van der Waals surface area contributed by atoms with Crippen LogP contribution in [-0.2, 0) is 34.0 Å². The molecule has 49 heavy (non-hydrogen) atoms. The molecule has 3 atom stereocenters. The van der Waals surface area contributed by atoms with E-state index in [0.717, 1.165) is 27.8 Å². The first-order chi connectivity index (χ1) is 23.8. The summed E-state index contributed by atoms with van der Waals surface area (Å²) in [4.78, 5) is 21.5. The highest BCUT2D eigenvalue weighted by Crippen LogP contribution is 2.24. The number of carbonyl (C=O) groups excluding carboxylic acids is 1. The van der Waals surface area contributed by atoms with Crippen LogP contribution in [0.2, 0.25) is 0 Å². The quantitative estimate of drug-likeness (QED) is 0.0919. The van der Waals surface area contributed by atoms with E-state index in [4.69, 9.17) is 14.5 Å². The van der Waals surface area contributed by atoms with Gasteiger partial charge in [0.25, 0.3) is 0 Å². The van der Waals surface area contributed by atoms with Gasteiger partial charge in [-0.05, 0) is 37.5 Å². The summed E-state index contributed by atoms with van der Waals surface area (Å²) in [6, 6.07) is 47.8. The molecule has 252 valence electrons. The Morgan fingerprint density at radius 2 is 1.06 bits per heavy atom. The molecule has 0 aliphatic rings. The molecule has 0 heterocycles. The average molecular weight is 655 g/mol. The predicted octanol–water partition coefficient (Wildman–Crippen LogP) is 7.88. The first-order valence-corrected chi connectivity index (χ1v) is 16.8. The molecule has 0 saturated carbocycles. The van der Waals surface area contributed by atoms with Gasteiger partial charge in [0, 0.05) is 24.2 Å². The van der Waals surface area contributed by atoms with E-state index in [-0.39, 0.29) is 6.61 Å². The third-order valence-corrected chi connectivity index (χ3v) is 8.05. The Hall–Kier alpha value is -4.88. The van der Waals surface area contributed by atoms with E-state index >= 15 is 0 Å². The smallest absolute Gasteiger partial charge is 0.334 e. The zero-order valence-corrected chi connectivity index (χ0v) is 28.6. The number of hydrogen-bond acceptors (Lipinski definition) is 6. The number of aliphatic imine (C=N–C) groups is 1. The highest BCUT2D eigenvalue weighted by molar-refractivity contribution is 6.13. The topological polar surface area (TPSA) is 71.4 Å². The van der Waals surface area contributed by atoms with Crippen LogP contribution < -0.4 is 0 Å². The normalized spacial score (nSPS) is 13.3. The summed E-state index contributed by atoms with van der Waals surface area (Å²) < 4.78 is 12.3. The van der Waals surface area contributed by atoms with Gasteiger partial charge in [-0.1, -0.05) is 152 Å². The fourth-order valence-electron chi connectivity index (χ4n) is 5.71. The lowest BCUT2D eigenvalue weighted by molar-refractivity contribution is -0.161. The Labute approximate surface area is 290 Å². The lowest BCUT2D eigenvalue weighted by Gasteiger charge is -2.37. The number of aliphatic hydroxyl groups is 1. The van der Waals surface area contributed by atoms with Crippen LogP contribution in [0.25, 0.3) is 0 Å². The number of aliphatic hydroxyl groups excluding tert-OH is 1. The van der Waals surface area contributed by atoms with Crippen molar-refractivity contribution in [3.8, 4) is 0 Å². The van der Waals surface area contributed by atoms with Gasteiger partial charge in [0.05, 0.1) is 25.0 Å². The molecule has 0 spiro atoms. The molecule has 0 amide bonds. The number of ether oxygens (including phenoxy) is 2. The van der Waals surface area contributed by atoms with Crippen LogP contribution in [0, 0.1) is 0 Å². The number of nitrogens with zero attached hydrogens (tertiary/aromatic N) is 2. The highest BCUT2D eigenvalue weighted by Gasteiger charge is 2.39. The summed E-state index contributed by atoms with van der Waals surface area (Å²) in [5.74, 6) is -0.600. The first-order valence-electron chi connectivity index (χ1n) is 16.8. The average Bonchev–Trinajstić information content (AvgIpc) is 3.11. The maximum atomic E-state index is 14.2. The second kappa shape index (κ2) is 17.5. The fraction of sp³-hybridized carbons (Fsp3) is 0.256. The molecule has 0 fully saturated rings. The monoisotopic (exact) mass is 654 g/mol. The fourth-order valence-corrected chi connectivity index (χ4v) is 5.71. The van der Waals surface area contributed by atoms with Gasteiger partial charge < -0.3 is 14.6 Å². The molecule has 5 aromatic rings. The zero-order valence-electron chi connectivity index (χ0n) is 28.6. The van der Waals surface area contributed by atoms with Gasteiger partial charge in [0.1, 0.15) is 11.7 Å². The minimum absolute atomic E-state index is 0.149. The van der Waals surface area contributed by atoms with Crippen molar-refractivity contribution >= 4 is 11.7 Å².